The third-order valence-electron chi connectivity index (χ3n) is 4.69. The maximum absolute atomic E-state index is 12.8. The van der Waals surface area contributed by atoms with Gasteiger partial charge in [-0.15, -0.1) is 0 Å². The number of halogens is 1. The first kappa shape index (κ1) is 17.0. The molecule has 0 N–H and O–H groups in total. The molecule has 1 atom stereocenters. The highest BCUT2D eigenvalue weighted by Crippen LogP contribution is 2.43. The Morgan fingerprint density at radius 3 is 2.54 bits per heavy atom. The molecule has 0 saturated carbocycles. The molecule has 6 heteroatoms. The molecule has 0 spiro atoms. The van der Waals surface area contributed by atoms with E-state index in [-0.39, 0.29) is 11.8 Å². The number of para-hydroxylation sites is 1. The Hall–Kier alpha value is -2.42. The van der Waals surface area contributed by atoms with Gasteiger partial charge in [0.05, 0.1) is 29.2 Å². The van der Waals surface area contributed by atoms with Crippen LogP contribution >= 0.6 is 23.4 Å². The zero-order valence-electron chi connectivity index (χ0n) is 13.9. The van der Waals surface area contributed by atoms with Gasteiger partial charge in [0.1, 0.15) is 0 Å². The van der Waals surface area contributed by atoms with Crippen molar-refractivity contribution in [3.05, 3.63) is 75.8 Å². The minimum Gasteiger partial charge on any atom is -0.344 e. The molecule has 0 unspecified atom stereocenters. The number of nitrogens with zero attached hydrogens (tertiary/aromatic N) is 3. The number of nitriles is 1. The second-order valence-electron chi connectivity index (χ2n) is 6.25. The van der Waals surface area contributed by atoms with Gasteiger partial charge in [-0.25, -0.2) is 0 Å². The Balaban J connectivity index is 1.67. The Morgan fingerprint density at radius 1 is 1.12 bits per heavy atom. The average Bonchev–Trinajstić information content (AvgIpc) is 2.69. The SMILES string of the molecule is N#CC1=C2SCN(c3ccccc3)CN2C(=O)C[C@@H]1c1ccc(Cl)cc1. The van der Waals surface area contributed by atoms with Crippen LogP contribution in [0, 0.1) is 11.3 Å². The van der Waals surface area contributed by atoms with Crippen LogP contribution in [0.4, 0.5) is 5.69 Å². The molecule has 130 valence electrons. The topological polar surface area (TPSA) is 47.3 Å². The first-order valence-electron chi connectivity index (χ1n) is 8.30. The predicted octanol–water partition coefficient (Wildman–Crippen LogP) is 4.56. The molecule has 1 fully saturated rings. The Morgan fingerprint density at radius 2 is 1.85 bits per heavy atom. The quantitative estimate of drug-likeness (QED) is 0.765. The molecule has 26 heavy (non-hydrogen) atoms. The first-order chi connectivity index (χ1) is 12.7. The fourth-order valence-electron chi connectivity index (χ4n) is 3.34. The number of carbonyl (C=O) groups is 1. The van der Waals surface area contributed by atoms with Crippen molar-refractivity contribution < 1.29 is 4.79 Å². The molecule has 2 aromatic carbocycles. The zero-order chi connectivity index (χ0) is 18.1. The lowest BCUT2D eigenvalue weighted by Gasteiger charge is -2.42. The Bertz CT molecular complexity index is 905. The maximum atomic E-state index is 12.8. The van der Waals surface area contributed by atoms with E-state index in [2.05, 4.69) is 11.0 Å². The van der Waals surface area contributed by atoms with Crippen molar-refractivity contribution in [1.29, 1.82) is 5.26 Å². The summed E-state index contributed by atoms with van der Waals surface area (Å²) in [6.45, 7) is 0.476. The number of hydrogen-bond donors (Lipinski definition) is 0. The van der Waals surface area contributed by atoms with E-state index in [9.17, 15) is 10.1 Å². The van der Waals surface area contributed by atoms with Crippen LogP contribution in [0.5, 0.6) is 0 Å². The van der Waals surface area contributed by atoms with Crippen molar-refractivity contribution in [2.75, 3.05) is 17.4 Å². The maximum Gasteiger partial charge on any atom is 0.229 e. The number of rotatable bonds is 2. The number of fused-ring (bicyclic) bond motifs is 1. The van der Waals surface area contributed by atoms with Gasteiger partial charge < -0.3 is 4.90 Å². The standard InChI is InChI=1S/C20H16ClN3OS/c21-15-8-6-14(7-9-15)17-10-19(25)24-12-23(16-4-2-1-3-5-16)13-26-20(24)18(17)11-22/h1-9,17H,10,12-13H2/t17-/m1/s1. The van der Waals surface area contributed by atoms with Crippen LogP contribution in [0.15, 0.2) is 65.2 Å². The fourth-order valence-corrected chi connectivity index (χ4v) is 4.64. The molecule has 0 bridgehead atoms. The monoisotopic (exact) mass is 381 g/mol. The van der Waals surface area contributed by atoms with Crippen LogP contribution in [0.3, 0.4) is 0 Å². The second kappa shape index (κ2) is 7.06. The van der Waals surface area contributed by atoms with Crippen LogP contribution in [0.1, 0.15) is 17.9 Å². The average molecular weight is 382 g/mol. The van der Waals surface area contributed by atoms with Gasteiger partial charge in [0.25, 0.3) is 0 Å². The minimum absolute atomic E-state index is 0.0482. The summed E-state index contributed by atoms with van der Waals surface area (Å²) in [6, 6.07) is 19.8. The lowest BCUT2D eigenvalue weighted by molar-refractivity contribution is -0.129. The number of amides is 1. The molecule has 2 aliphatic rings. The zero-order valence-corrected chi connectivity index (χ0v) is 15.5. The fraction of sp³-hybridized carbons (Fsp3) is 0.200. The molecule has 0 radical (unpaired) electrons. The molecule has 4 rings (SSSR count). The van der Waals surface area contributed by atoms with Crippen LogP contribution in [-0.2, 0) is 4.79 Å². The molecule has 2 aromatic rings. The molecular weight excluding hydrogens is 366 g/mol. The van der Waals surface area contributed by atoms with Crippen LogP contribution in [0.25, 0.3) is 0 Å². The molecular formula is C20H16ClN3OS. The summed E-state index contributed by atoms with van der Waals surface area (Å²) >= 11 is 7.52. The number of thioether (sulfide) groups is 1. The van der Waals surface area contributed by atoms with Gasteiger partial charge in [-0.3, -0.25) is 9.69 Å². The molecule has 2 aliphatic heterocycles. The van der Waals surface area contributed by atoms with E-state index in [1.807, 2.05) is 42.5 Å². The summed E-state index contributed by atoms with van der Waals surface area (Å²) in [5.74, 6) is 0.556. The number of anilines is 1. The summed E-state index contributed by atoms with van der Waals surface area (Å²) in [6.07, 6.45) is 0.303. The van der Waals surface area contributed by atoms with Gasteiger partial charge in [0.2, 0.25) is 5.91 Å². The molecule has 0 aliphatic carbocycles. The highest BCUT2D eigenvalue weighted by Gasteiger charge is 2.38. The Kier molecular flexibility index (Phi) is 4.62. The molecule has 2 heterocycles. The van der Waals surface area contributed by atoms with Crippen molar-refractivity contribution >= 4 is 35.0 Å². The summed E-state index contributed by atoms with van der Waals surface area (Å²) in [5.41, 5.74) is 2.70. The number of carbonyl (C=O) groups excluding carboxylic acids is 1. The van der Waals surface area contributed by atoms with Gasteiger partial charge in [0.15, 0.2) is 0 Å². The van der Waals surface area contributed by atoms with E-state index in [0.717, 1.165) is 16.3 Å². The number of benzene rings is 2. The lowest BCUT2D eigenvalue weighted by Crippen LogP contribution is -2.47. The van der Waals surface area contributed by atoms with Crippen molar-refractivity contribution in [3.8, 4) is 6.07 Å². The van der Waals surface area contributed by atoms with Crippen molar-refractivity contribution in [2.45, 2.75) is 12.3 Å². The van der Waals surface area contributed by atoms with E-state index < -0.39 is 0 Å². The molecule has 1 amide bonds. The van der Waals surface area contributed by atoms with E-state index in [0.29, 0.717) is 29.6 Å². The van der Waals surface area contributed by atoms with Gasteiger partial charge >= 0.3 is 0 Å². The van der Waals surface area contributed by atoms with Crippen molar-refractivity contribution in [1.82, 2.24) is 4.90 Å². The van der Waals surface area contributed by atoms with Crippen molar-refractivity contribution in [2.24, 2.45) is 0 Å². The smallest absolute Gasteiger partial charge is 0.229 e. The van der Waals surface area contributed by atoms with Gasteiger partial charge in [-0.1, -0.05) is 53.7 Å². The number of hydrogen-bond acceptors (Lipinski definition) is 4. The largest absolute Gasteiger partial charge is 0.344 e. The molecule has 4 nitrogen and oxygen atoms in total. The summed E-state index contributed by atoms with van der Waals surface area (Å²) < 4.78 is 0. The van der Waals surface area contributed by atoms with Crippen LogP contribution < -0.4 is 4.90 Å². The normalized spacial score (nSPS) is 20.0. The lowest BCUT2D eigenvalue weighted by atomic mass is 9.86. The molecule has 0 aromatic heterocycles. The highest BCUT2D eigenvalue weighted by molar-refractivity contribution is 8.03. The predicted molar refractivity (Wildman–Crippen MR) is 105 cm³/mol. The van der Waals surface area contributed by atoms with E-state index in [1.165, 1.54) is 0 Å². The van der Waals surface area contributed by atoms with E-state index in [4.69, 9.17) is 11.6 Å². The van der Waals surface area contributed by atoms with Gasteiger partial charge in [-0.2, -0.15) is 5.26 Å². The minimum atomic E-state index is -0.202. The van der Waals surface area contributed by atoms with Crippen LogP contribution in [0.2, 0.25) is 5.02 Å². The first-order valence-corrected chi connectivity index (χ1v) is 9.66. The van der Waals surface area contributed by atoms with E-state index in [1.54, 1.807) is 28.8 Å². The van der Waals surface area contributed by atoms with Gasteiger partial charge in [0, 0.05) is 23.0 Å². The third-order valence-corrected chi connectivity index (χ3v) is 6.09. The number of allylic oxidation sites excluding steroid dienone is 1. The summed E-state index contributed by atoms with van der Waals surface area (Å²) in [7, 11) is 0. The third kappa shape index (κ3) is 3.07. The van der Waals surface area contributed by atoms with Crippen LogP contribution in [-0.4, -0.2) is 23.4 Å². The van der Waals surface area contributed by atoms with Crippen molar-refractivity contribution in [3.63, 3.8) is 0 Å². The van der Waals surface area contributed by atoms with E-state index >= 15 is 0 Å². The Labute approximate surface area is 161 Å². The molecule has 1 saturated heterocycles. The summed E-state index contributed by atoms with van der Waals surface area (Å²) in [5, 5.41) is 11.2. The summed E-state index contributed by atoms with van der Waals surface area (Å²) in [4.78, 5) is 16.7. The highest BCUT2D eigenvalue weighted by atomic mass is 35.5. The van der Waals surface area contributed by atoms with Gasteiger partial charge in [-0.05, 0) is 29.8 Å². The second-order valence-corrected chi connectivity index (χ2v) is 7.62.